The smallest absolute Gasteiger partial charge is 0.331 e. The Balaban J connectivity index is 0.000000654. The van der Waals surface area contributed by atoms with E-state index in [1.807, 2.05) is 30.3 Å². The van der Waals surface area contributed by atoms with Gasteiger partial charge >= 0.3 is 11.9 Å². The van der Waals surface area contributed by atoms with Crippen LogP contribution >= 0.6 is 0 Å². The molecule has 60 heavy (non-hydrogen) atoms. The fourth-order valence-electron chi connectivity index (χ4n) is 8.28. The topological polar surface area (TPSA) is 115 Å². The second kappa shape index (κ2) is 32.7. The van der Waals surface area contributed by atoms with Crippen LogP contribution in [0.5, 0.6) is 11.5 Å². The minimum Gasteiger partial charge on any atom is -0.508 e. The summed E-state index contributed by atoms with van der Waals surface area (Å²) in [7, 11) is 0. The second-order valence-electron chi connectivity index (χ2n) is 17.0. The number of carbonyl (C=O) groups is 2. The van der Waals surface area contributed by atoms with E-state index in [1.54, 1.807) is 24.3 Å². The first-order valence-corrected chi connectivity index (χ1v) is 24.0. The maximum absolute atomic E-state index is 12.8. The number of hydrogen-bond acceptors (Lipinski definition) is 4. The number of aromatic hydroxyl groups is 2. The van der Waals surface area contributed by atoms with Gasteiger partial charge in [0.1, 0.15) is 11.5 Å². The summed E-state index contributed by atoms with van der Waals surface area (Å²) in [5.74, 6) is -1.13. The van der Waals surface area contributed by atoms with Crippen LogP contribution in [0.15, 0.2) is 77.9 Å². The van der Waals surface area contributed by atoms with Gasteiger partial charge in [-0.2, -0.15) is 0 Å². The third-order valence-corrected chi connectivity index (χ3v) is 11.9. The van der Waals surface area contributed by atoms with Crippen LogP contribution in [0.3, 0.4) is 0 Å². The highest BCUT2D eigenvalue weighted by molar-refractivity contribution is 5.89. The molecule has 3 rings (SSSR count). The van der Waals surface area contributed by atoms with Crippen molar-refractivity contribution in [2.24, 2.45) is 0 Å². The summed E-state index contributed by atoms with van der Waals surface area (Å²) in [6.07, 6.45) is 31.1. The van der Waals surface area contributed by atoms with Gasteiger partial charge in [-0.25, -0.2) is 4.79 Å². The van der Waals surface area contributed by atoms with Gasteiger partial charge in [0.25, 0.3) is 0 Å². The van der Waals surface area contributed by atoms with Crippen molar-refractivity contribution in [3.63, 3.8) is 0 Å². The molecule has 1 unspecified atom stereocenters. The lowest BCUT2D eigenvalue weighted by atomic mass is 9.79. The van der Waals surface area contributed by atoms with Crippen LogP contribution in [0, 0.1) is 0 Å². The van der Waals surface area contributed by atoms with Crippen LogP contribution in [0.25, 0.3) is 22.3 Å². The lowest BCUT2D eigenvalue weighted by Crippen LogP contribution is -2.11. The van der Waals surface area contributed by atoms with E-state index in [-0.39, 0.29) is 17.4 Å². The Morgan fingerprint density at radius 1 is 0.467 bits per heavy atom. The Labute approximate surface area is 364 Å². The standard InChI is InChI=1S/C40H54O4.C14H28O2/c1-4-6-8-9-10-11-12-13-14-16-19-38(40(43)44)35(18-15-7-5-2)30(3)36-20-17-21-37(31-22-26-33(41)27-23-31)39(36)32-24-28-34(42)29-25-32;1-2-3-4-5-6-7-8-9-10-11-12-13-14(15)16/h17,20-30,41-42H,4-16,18-19H2,1-3H3,(H,43,44);2-13H2,1H3,(H,15,16). The molecule has 0 amide bonds. The molecule has 0 aliphatic heterocycles. The van der Waals surface area contributed by atoms with Crippen LogP contribution in [0.2, 0.25) is 0 Å². The van der Waals surface area contributed by atoms with Gasteiger partial charge in [0.15, 0.2) is 0 Å². The summed E-state index contributed by atoms with van der Waals surface area (Å²) in [6.45, 7) is 8.83. The van der Waals surface area contributed by atoms with Crippen LogP contribution in [0.4, 0.5) is 0 Å². The number of aliphatic carboxylic acids is 2. The van der Waals surface area contributed by atoms with Crippen molar-refractivity contribution < 1.29 is 30.0 Å². The highest BCUT2D eigenvalue weighted by Crippen LogP contribution is 2.43. The van der Waals surface area contributed by atoms with Crippen LogP contribution in [-0.2, 0) is 9.59 Å². The molecule has 334 valence electrons. The minimum absolute atomic E-state index is 0.0954. The molecule has 0 radical (unpaired) electrons. The quantitative estimate of drug-likeness (QED) is 0.0368. The Hall–Kier alpha value is -4.06. The monoisotopic (exact) mass is 827 g/mol. The molecule has 3 aromatic rings. The normalized spacial score (nSPS) is 12.1. The molecule has 0 fully saturated rings. The van der Waals surface area contributed by atoms with E-state index < -0.39 is 11.9 Å². The molecule has 0 bridgehead atoms. The Morgan fingerprint density at radius 3 is 1.28 bits per heavy atom. The van der Waals surface area contributed by atoms with Gasteiger partial charge in [-0.1, -0.05) is 211 Å². The highest BCUT2D eigenvalue weighted by atomic mass is 16.4. The fourth-order valence-corrected chi connectivity index (χ4v) is 8.28. The molecule has 1 atom stereocenters. The lowest BCUT2D eigenvalue weighted by Gasteiger charge is -2.25. The summed E-state index contributed by atoms with van der Waals surface area (Å²) >= 11 is 0. The van der Waals surface area contributed by atoms with Crippen LogP contribution in [0.1, 0.15) is 213 Å². The fraction of sp³-hybridized carbons (Fsp3) is 0.593. The molecule has 6 nitrogen and oxygen atoms in total. The number of phenols is 2. The van der Waals surface area contributed by atoms with Gasteiger partial charge in [-0.15, -0.1) is 0 Å². The third-order valence-electron chi connectivity index (χ3n) is 11.9. The average Bonchev–Trinajstić information content (AvgIpc) is 3.24. The Kier molecular flexibility index (Phi) is 28.4. The van der Waals surface area contributed by atoms with Crippen molar-refractivity contribution in [3.05, 3.63) is 83.4 Å². The summed E-state index contributed by atoms with van der Waals surface area (Å²) < 4.78 is 0. The zero-order chi connectivity index (χ0) is 43.8. The molecule has 0 aromatic heterocycles. The summed E-state index contributed by atoms with van der Waals surface area (Å²) in [6, 6.07) is 20.7. The lowest BCUT2D eigenvalue weighted by molar-refractivity contribution is -0.137. The van der Waals surface area contributed by atoms with Gasteiger partial charge in [0, 0.05) is 17.9 Å². The van der Waals surface area contributed by atoms with Gasteiger partial charge in [0.05, 0.1) is 0 Å². The maximum Gasteiger partial charge on any atom is 0.331 e. The number of hydrogen-bond donors (Lipinski definition) is 4. The van der Waals surface area contributed by atoms with Crippen molar-refractivity contribution in [2.75, 3.05) is 0 Å². The average molecular weight is 827 g/mol. The molecule has 0 aliphatic carbocycles. The number of carboxylic acids is 2. The van der Waals surface area contributed by atoms with Crippen LogP contribution in [-0.4, -0.2) is 32.4 Å². The molecule has 0 saturated carbocycles. The summed E-state index contributed by atoms with van der Waals surface area (Å²) in [5, 5.41) is 38.9. The zero-order valence-corrected chi connectivity index (χ0v) is 38.1. The van der Waals surface area contributed by atoms with Gasteiger partial charge in [0.2, 0.25) is 0 Å². The molecule has 0 aliphatic rings. The molecular formula is C54H82O6. The van der Waals surface area contributed by atoms with E-state index >= 15 is 0 Å². The first-order valence-electron chi connectivity index (χ1n) is 24.0. The summed E-state index contributed by atoms with van der Waals surface area (Å²) in [4.78, 5) is 23.1. The van der Waals surface area contributed by atoms with E-state index in [0.29, 0.717) is 18.4 Å². The molecule has 6 heteroatoms. The molecule has 0 spiro atoms. The predicted molar refractivity (Wildman–Crippen MR) is 253 cm³/mol. The van der Waals surface area contributed by atoms with Gasteiger partial charge < -0.3 is 20.4 Å². The first kappa shape index (κ1) is 52.1. The second-order valence-corrected chi connectivity index (χ2v) is 17.0. The van der Waals surface area contributed by atoms with E-state index in [2.05, 4.69) is 39.8 Å². The highest BCUT2D eigenvalue weighted by Gasteiger charge is 2.24. The SMILES string of the molecule is CCCCCCCCCCCCC(C(=O)O)=C(CCCCC)C(C)c1cccc(-c2ccc(O)cc2)c1-c1ccc(O)cc1.CCCCCCCCCCCCCC(=O)O. The van der Waals surface area contributed by atoms with Crippen LogP contribution < -0.4 is 0 Å². The van der Waals surface area contributed by atoms with Crippen molar-refractivity contribution in [3.8, 4) is 33.8 Å². The maximum atomic E-state index is 12.8. The number of benzene rings is 3. The Bertz CT molecular complexity index is 1610. The molecular weight excluding hydrogens is 745 g/mol. The number of carboxylic acid groups (broad SMARTS) is 2. The molecule has 0 saturated heterocycles. The Morgan fingerprint density at radius 2 is 0.850 bits per heavy atom. The van der Waals surface area contributed by atoms with E-state index in [4.69, 9.17) is 5.11 Å². The van der Waals surface area contributed by atoms with Crippen molar-refractivity contribution in [1.29, 1.82) is 0 Å². The molecule has 0 heterocycles. The number of rotatable bonds is 32. The van der Waals surface area contributed by atoms with E-state index in [9.17, 15) is 24.9 Å². The van der Waals surface area contributed by atoms with Crippen molar-refractivity contribution in [1.82, 2.24) is 0 Å². The first-order chi connectivity index (χ1) is 29.1. The van der Waals surface area contributed by atoms with Gasteiger partial charge in [-0.05, 0) is 84.2 Å². The third kappa shape index (κ3) is 21.5. The zero-order valence-electron chi connectivity index (χ0n) is 38.1. The van der Waals surface area contributed by atoms with Crippen molar-refractivity contribution >= 4 is 11.9 Å². The number of unbranched alkanes of at least 4 members (excludes halogenated alkanes) is 21. The minimum atomic E-state index is -0.792. The van der Waals surface area contributed by atoms with E-state index in [0.717, 1.165) is 84.8 Å². The number of allylic oxidation sites excluding steroid dienone is 1. The predicted octanol–water partition coefficient (Wildman–Crippen LogP) is 16.6. The largest absolute Gasteiger partial charge is 0.508 e. The number of phenolic OH excluding ortho intramolecular Hbond substituents is 2. The molecule has 4 N–H and O–H groups in total. The molecule has 3 aromatic carbocycles. The van der Waals surface area contributed by atoms with E-state index in [1.165, 1.54) is 109 Å². The van der Waals surface area contributed by atoms with Gasteiger partial charge in [-0.3, -0.25) is 4.79 Å². The van der Waals surface area contributed by atoms with Crippen molar-refractivity contribution in [2.45, 2.75) is 207 Å². The summed E-state index contributed by atoms with van der Waals surface area (Å²) in [5.41, 5.74) is 6.68.